The van der Waals surface area contributed by atoms with Crippen LogP contribution in [0.3, 0.4) is 0 Å². The number of thiophene rings is 1. The van der Waals surface area contributed by atoms with Gasteiger partial charge in [0.1, 0.15) is 4.88 Å². The highest BCUT2D eigenvalue weighted by atomic mass is 32.1. The topological polar surface area (TPSA) is 77.8 Å². The number of aryl methyl sites for hydroxylation is 2. The summed E-state index contributed by atoms with van der Waals surface area (Å²) in [4.78, 5) is 25.5. The summed E-state index contributed by atoms with van der Waals surface area (Å²) in [6.07, 6.45) is 4.48. The molecule has 0 saturated carbocycles. The van der Waals surface area contributed by atoms with E-state index in [-0.39, 0.29) is 17.3 Å². The molecule has 1 aliphatic rings. The van der Waals surface area contributed by atoms with Gasteiger partial charge in [-0.2, -0.15) is 8.78 Å². The van der Waals surface area contributed by atoms with Gasteiger partial charge >= 0.3 is 11.9 Å². The number of nitrogens with zero attached hydrogens (tertiary/aromatic N) is 1. The zero-order chi connectivity index (χ0) is 26.1. The number of alkyl halides is 2. The fourth-order valence-corrected chi connectivity index (χ4v) is 4.92. The maximum atomic E-state index is 14.2. The van der Waals surface area contributed by atoms with E-state index in [9.17, 15) is 23.5 Å². The van der Waals surface area contributed by atoms with Crippen LogP contribution < -0.4 is 0 Å². The van der Waals surface area contributed by atoms with Crippen molar-refractivity contribution in [2.24, 2.45) is 5.92 Å². The Morgan fingerprint density at radius 1 is 1.22 bits per heavy atom. The van der Waals surface area contributed by atoms with Gasteiger partial charge in [-0.05, 0) is 42.9 Å². The molecule has 36 heavy (non-hydrogen) atoms. The number of carbonyl (C=O) groups is 2. The number of halogens is 2. The molecule has 3 rings (SSSR count). The average molecular weight is 516 g/mol. The van der Waals surface area contributed by atoms with Crippen LogP contribution in [0.4, 0.5) is 8.78 Å². The summed E-state index contributed by atoms with van der Waals surface area (Å²) < 4.78 is 28.3. The highest BCUT2D eigenvalue weighted by Crippen LogP contribution is 2.34. The van der Waals surface area contributed by atoms with E-state index in [0.29, 0.717) is 19.3 Å². The highest BCUT2D eigenvalue weighted by molar-refractivity contribution is 7.13. The lowest BCUT2D eigenvalue weighted by Crippen LogP contribution is -2.36. The molecule has 1 unspecified atom stereocenters. The van der Waals surface area contributed by atoms with Crippen molar-refractivity contribution in [3.8, 4) is 11.8 Å². The fourth-order valence-electron chi connectivity index (χ4n) is 4.04. The molecule has 2 aromatic rings. The predicted molar refractivity (Wildman–Crippen MR) is 136 cm³/mol. The minimum atomic E-state index is -3.44. The Balaban J connectivity index is 1.49. The molecule has 0 bridgehead atoms. The van der Waals surface area contributed by atoms with Gasteiger partial charge in [0.2, 0.25) is 0 Å². The van der Waals surface area contributed by atoms with Gasteiger partial charge in [-0.25, -0.2) is 4.79 Å². The Morgan fingerprint density at radius 3 is 2.67 bits per heavy atom. The number of carboxylic acids is 1. The van der Waals surface area contributed by atoms with Gasteiger partial charge in [-0.15, -0.1) is 23.2 Å². The number of hydrogen-bond acceptors (Lipinski definition) is 4. The van der Waals surface area contributed by atoms with E-state index in [1.54, 1.807) is 6.07 Å². The minimum absolute atomic E-state index is 0.127. The molecule has 2 N–H and O–H groups in total. The second kappa shape index (κ2) is 12.8. The van der Waals surface area contributed by atoms with Crippen molar-refractivity contribution in [1.29, 1.82) is 0 Å². The van der Waals surface area contributed by atoms with Crippen molar-refractivity contribution in [3.05, 3.63) is 69.9 Å². The van der Waals surface area contributed by atoms with Gasteiger partial charge in [0.15, 0.2) is 0 Å². The van der Waals surface area contributed by atoms with Crippen LogP contribution in [0.2, 0.25) is 0 Å². The maximum Gasteiger partial charge on any atom is 0.345 e. The van der Waals surface area contributed by atoms with Crippen molar-refractivity contribution < 1.29 is 28.6 Å². The van der Waals surface area contributed by atoms with E-state index in [4.69, 9.17) is 5.11 Å². The number of hydrogen-bond donors (Lipinski definition) is 2. The molecule has 2 heterocycles. The number of carbonyl (C=O) groups excluding carboxylic acids is 1. The first-order valence-corrected chi connectivity index (χ1v) is 12.9. The number of amides is 1. The first-order valence-electron chi connectivity index (χ1n) is 12.0. The number of aliphatic hydroxyl groups excluding tert-OH is 1. The van der Waals surface area contributed by atoms with Crippen LogP contribution in [-0.4, -0.2) is 51.6 Å². The predicted octanol–water partition coefficient (Wildman–Crippen LogP) is 5.19. The summed E-state index contributed by atoms with van der Waals surface area (Å²) in [5, 5.41) is 19.5. The molecule has 1 aromatic heterocycles. The SMILES string of the molecule is C[C@@H](CC#CCCc1ccccc1)[C@H](O)C=CC1CC(F)(F)C(=O)N1CCCc1ccc(C(=O)O)s1. The lowest BCUT2D eigenvalue weighted by molar-refractivity contribution is -0.148. The number of aromatic carboxylic acids is 1. The van der Waals surface area contributed by atoms with Crippen molar-refractivity contribution in [2.75, 3.05) is 6.54 Å². The molecule has 5 nitrogen and oxygen atoms in total. The van der Waals surface area contributed by atoms with Gasteiger partial charge in [0, 0.05) is 30.7 Å². The maximum absolute atomic E-state index is 14.2. The molecule has 1 fully saturated rings. The third kappa shape index (κ3) is 7.74. The van der Waals surface area contributed by atoms with E-state index in [1.165, 1.54) is 23.8 Å². The Bertz CT molecular complexity index is 1120. The normalized spacial score (nSPS) is 18.7. The molecule has 192 valence electrons. The minimum Gasteiger partial charge on any atom is -0.477 e. The van der Waals surface area contributed by atoms with Gasteiger partial charge in [-0.1, -0.05) is 49.4 Å². The van der Waals surface area contributed by atoms with E-state index in [1.807, 2.05) is 25.1 Å². The molecule has 8 heteroatoms. The second-order valence-corrected chi connectivity index (χ2v) is 10.2. The molecule has 0 spiro atoms. The summed E-state index contributed by atoms with van der Waals surface area (Å²) in [7, 11) is 0. The number of rotatable bonds is 11. The molecule has 1 aromatic carbocycles. The van der Waals surface area contributed by atoms with Crippen molar-refractivity contribution in [2.45, 2.75) is 63.5 Å². The molecular formula is C28H31F2NO4S. The van der Waals surface area contributed by atoms with Gasteiger partial charge in [0.05, 0.1) is 12.1 Å². The van der Waals surface area contributed by atoms with E-state index < -0.39 is 36.4 Å². The Morgan fingerprint density at radius 2 is 1.97 bits per heavy atom. The summed E-state index contributed by atoms with van der Waals surface area (Å²) in [6.45, 7) is 1.97. The van der Waals surface area contributed by atoms with Crippen LogP contribution in [0.5, 0.6) is 0 Å². The van der Waals surface area contributed by atoms with E-state index in [0.717, 1.165) is 34.0 Å². The van der Waals surface area contributed by atoms with Crippen LogP contribution in [0.1, 0.15) is 52.7 Å². The van der Waals surface area contributed by atoms with Crippen molar-refractivity contribution >= 4 is 23.2 Å². The van der Waals surface area contributed by atoms with Gasteiger partial charge in [-0.3, -0.25) is 4.79 Å². The second-order valence-electron chi connectivity index (χ2n) is 9.05. The first kappa shape index (κ1) is 27.6. The Labute approximate surface area is 214 Å². The average Bonchev–Trinajstić information content (AvgIpc) is 3.41. The molecule has 1 aliphatic heterocycles. The monoisotopic (exact) mass is 515 g/mol. The molecule has 0 aliphatic carbocycles. The highest BCUT2D eigenvalue weighted by Gasteiger charge is 2.52. The summed E-state index contributed by atoms with van der Waals surface area (Å²) in [5.41, 5.74) is 1.22. The smallest absolute Gasteiger partial charge is 0.345 e. The summed E-state index contributed by atoms with van der Waals surface area (Å²) in [5.74, 6) is 0.370. The third-order valence-corrected chi connectivity index (χ3v) is 7.31. The summed E-state index contributed by atoms with van der Waals surface area (Å²) >= 11 is 1.14. The number of benzene rings is 1. The lowest BCUT2D eigenvalue weighted by atomic mass is 9.99. The zero-order valence-corrected chi connectivity index (χ0v) is 21.0. The number of aliphatic hydroxyl groups is 1. The van der Waals surface area contributed by atoms with Crippen LogP contribution in [-0.2, 0) is 17.6 Å². The van der Waals surface area contributed by atoms with E-state index in [2.05, 4.69) is 24.0 Å². The molecular weight excluding hydrogens is 484 g/mol. The van der Waals surface area contributed by atoms with Crippen molar-refractivity contribution in [1.82, 2.24) is 4.90 Å². The number of carboxylic acid groups (broad SMARTS) is 1. The third-order valence-electron chi connectivity index (χ3n) is 6.18. The van der Waals surface area contributed by atoms with E-state index >= 15 is 0 Å². The van der Waals surface area contributed by atoms with Crippen LogP contribution in [0, 0.1) is 17.8 Å². The van der Waals surface area contributed by atoms with Crippen LogP contribution in [0.15, 0.2) is 54.6 Å². The fraction of sp³-hybridized carbons (Fsp3) is 0.429. The molecule has 0 radical (unpaired) electrons. The summed E-state index contributed by atoms with van der Waals surface area (Å²) in [6, 6.07) is 12.5. The Kier molecular flexibility index (Phi) is 9.80. The lowest BCUT2D eigenvalue weighted by Gasteiger charge is -2.22. The standard InChI is InChI=1S/C28H31F2NO4S/c1-20(9-4-2-5-10-21-11-6-3-7-12-21)24(32)16-14-22-19-28(29,30)27(35)31(22)18-8-13-23-15-17-25(36-23)26(33)34/h3,6-7,11-12,14-17,20,22,24,32H,5,8-10,13,18-19H2,1H3,(H,33,34)/t20-,22?,24+/m0/s1. The van der Waals surface area contributed by atoms with Gasteiger partial charge < -0.3 is 15.1 Å². The number of likely N-dealkylation sites (tertiary alicyclic amines) is 1. The first-order chi connectivity index (χ1) is 17.2. The largest absolute Gasteiger partial charge is 0.477 e. The molecule has 1 amide bonds. The zero-order valence-electron chi connectivity index (χ0n) is 20.2. The van der Waals surface area contributed by atoms with Crippen molar-refractivity contribution in [3.63, 3.8) is 0 Å². The Hall–Kier alpha value is -3.02. The van der Waals surface area contributed by atoms with Crippen LogP contribution in [0.25, 0.3) is 0 Å². The molecule has 1 saturated heterocycles. The van der Waals surface area contributed by atoms with Crippen LogP contribution >= 0.6 is 11.3 Å². The molecule has 3 atom stereocenters. The quantitative estimate of drug-likeness (QED) is 0.319. The van der Waals surface area contributed by atoms with Gasteiger partial charge in [0.25, 0.3) is 5.91 Å².